The van der Waals surface area contributed by atoms with Gasteiger partial charge in [0.05, 0.1) is 24.4 Å². The summed E-state index contributed by atoms with van der Waals surface area (Å²) in [6.07, 6.45) is 6.67. The monoisotopic (exact) mass is 347 g/mol. The van der Waals surface area contributed by atoms with Gasteiger partial charge in [-0.3, -0.25) is 9.36 Å². The lowest BCUT2D eigenvalue weighted by atomic mass is 10.2. The van der Waals surface area contributed by atoms with Crippen molar-refractivity contribution in [3.05, 3.63) is 37.1 Å². The Balaban J connectivity index is 0.00000220. The molecule has 2 rings (SSSR count). The number of halogens is 2. The number of hydrogen-bond acceptors (Lipinski definition) is 5. The quantitative estimate of drug-likeness (QED) is 0.823. The maximum absolute atomic E-state index is 11.8. The minimum absolute atomic E-state index is 0. The van der Waals surface area contributed by atoms with Crippen LogP contribution in [0.5, 0.6) is 0 Å². The van der Waals surface area contributed by atoms with Gasteiger partial charge in [-0.05, 0) is 12.1 Å². The first-order valence-electron chi connectivity index (χ1n) is 6.20. The molecule has 1 atom stereocenters. The molecule has 0 saturated carbocycles. The third kappa shape index (κ3) is 5.61. The van der Waals surface area contributed by atoms with E-state index in [1.165, 1.54) is 7.11 Å². The zero-order valence-corrected chi connectivity index (χ0v) is 13.6. The Hall–Kier alpha value is -1.67. The predicted octanol–water partition coefficient (Wildman–Crippen LogP) is 1.41. The van der Waals surface area contributed by atoms with E-state index in [2.05, 4.69) is 15.3 Å². The molecule has 0 aromatic carbocycles. The summed E-state index contributed by atoms with van der Waals surface area (Å²) < 4.78 is 6.84. The SMILES string of the molecule is COC(CN)CC(=O)Nc1ccc(-n2ccnc2)nc1.Cl.Cl. The van der Waals surface area contributed by atoms with Crippen molar-refractivity contribution in [2.24, 2.45) is 5.73 Å². The molecule has 9 heteroatoms. The molecule has 1 unspecified atom stereocenters. The number of nitrogens with two attached hydrogens (primary N) is 1. The van der Waals surface area contributed by atoms with Crippen molar-refractivity contribution in [3.8, 4) is 5.82 Å². The molecule has 3 N–H and O–H groups in total. The number of ether oxygens (including phenoxy) is 1. The third-order valence-electron chi connectivity index (χ3n) is 2.81. The van der Waals surface area contributed by atoms with E-state index in [9.17, 15) is 4.79 Å². The summed E-state index contributed by atoms with van der Waals surface area (Å²) in [7, 11) is 1.53. The van der Waals surface area contributed by atoms with Crippen molar-refractivity contribution >= 4 is 36.4 Å². The Morgan fingerprint density at radius 3 is 2.73 bits per heavy atom. The number of nitrogens with zero attached hydrogens (tertiary/aromatic N) is 3. The van der Waals surface area contributed by atoms with Crippen LogP contribution in [0.25, 0.3) is 5.82 Å². The molecule has 2 aromatic heterocycles. The van der Waals surface area contributed by atoms with Crippen molar-refractivity contribution in [2.45, 2.75) is 12.5 Å². The van der Waals surface area contributed by atoms with Gasteiger partial charge in [0.1, 0.15) is 12.1 Å². The summed E-state index contributed by atoms with van der Waals surface area (Å²) in [6, 6.07) is 3.58. The highest BCUT2D eigenvalue weighted by Crippen LogP contribution is 2.10. The first-order chi connectivity index (χ1) is 9.72. The molecule has 0 spiro atoms. The molecule has 1 amide bonds. The molecule has 22 heavy (non-hydrogen) atoms. The lowest BCUT2D eigenvalue weighted by Crippen LogP contribution is -2.28. The van der Waals surface area contributed by atoms with Gasteiger partial charge in [0.15, 0.2) is 0 Å². The van der Waals surface area contributed by atoms with Crippen LogP contribution in [0.3, 0.4) is 0 Å². The fourth-order valence-electron chi connectivity index (χ4n) is 1.69. The van der Waals surface area contributed by atoms with E-state index in [4.69, 9.17) is 10.5 Å². The molecule has 122 valence electrons. The summed E-state index contributed by atoms with van der Waals surface area (Å²) in [4.78, 5) is 20.0. The fourth-order valence-corrected chi connectivity index (χ4v) is 1.69. The van der Waals surface area contributed by atoms with Crippen molar-refractivity contribution in [1.29, 1.82) is 0 Å². The molecule has 0 aliphatic rings. The number of nitrogens with one attached hydrogen (secondary N) is 1. The van der Waals surface area contributed by atoms with Gasteiger partial charge in [0, 0.05) is 26.0 Å². The van der Waals surface area contributed by atoms with Crippen LogP contribution in [-0.4, -0.2) is 40.2 Å². The number of hydrogen-bond donors (Lipinski definition) is 2. The number of carbonyl (C=O) groups excluding carboxylic acids is 1. The molecular formula is C13H19Cl2N5O2. The van der Waals surface area contributed by atoms with Gasteiger partial charge in [-0.2, -0.15) is 0 Å². The average molecular weight is 348 g/mol. The summed E-state index contributed by atoms with van der Waals surface area (Å²) in [6.45, 7) is 0.307. The largest absolute Gasteiger partial charge is 0.380 e. The van der Waals surface area contributed by atoms with E-state index < -0.39 is 0 Å². The van der Waals surface area contributed by atoms with E-state index in [-0.39, 0.29) is 43.2 Å². The Morgan fingerprint density at radius 2 is 2.23 bits per heavy atom. The number of rotatable bonds is 6. The zero-order valence-electron chi connectivity index (χ0n) is 12.0. The third-order valence-corrected chi connectivity index (χ3v) is 2.81. The summed E-state index contributed by atoms with van der Waals surface area (Å²) in [5, 5.41) is 2.75. The number of methoxy groups -OCH3 is 1. The zero-order chi connectivity index (χ0) is 14.4. The Morgan fingerprint density at radius 1 is 1.45 bits per heavy atom. The normalized spacial score (nSPS) is 11.0. The first-order valence-corrected chi connectivity index (χ1v) is 6.20. The van der Waals surface area contributed by atoms with Crippen molar-refractivity contribution in [3.63, 3.8) is 0 Å². The van der Waals surface area contributed by atoms with Crippen LogP contribution in [0.1, 0.15) is 6.42 Å². The van der Waals surface area contributed by atoms with Gasteiger partial charge in [0.25, 0.3) is 0 Å². The predicted molar refractivity (Wildman–Crippen MR) is 89.0 cm³/mol. The topological polar surface area (TPSA) is 95.1 Å². The molecule has 7 nitrogen and oxygen atoms in total. The fraction of sp³-hybridized carbons (Fsp3) is 0.308. The molecular weight excluding hydrogens is 329 g/mol. The Kier molecular flexibility index (Phi) is 9.35. The second-order valence-electron chi connectivity index (χ2n) is 4.22. The first kappa shape index (κ1) is 20.3. The lowest BCUT2D eigenvalue weighted by Gasteiger charge is -2.12. The van der Waals surface area contributed by atoms with E-state index in [0.29, 0.717) is 12.2 Å². The minimum atomic E-state index is -0.270. The second kappa shape index (κ2) is 10.1. The lowest BCUT2D eigenvalue weighted by molar-refractivity contribution is -0.118. The second-order valence-corrected chi connectivity index (χ2v) is 4.22. The molecule has 2 aromatic rings. The number of pyridine rings is 1. The highest BCUT2D eigenvalue weighted by Gasteiger charge is 2.11. The van der Waals surface area contributed by atoms with Crippen LogP contribution in [0.4, 0.5) is 5.69 Å². The van der Waals surface area contributed by atoms with Crippen LogP contribution in [-0.2, 0) is 9.53 Å². The molecule has 0 saturated heterocycles. The van der Waals surface area contributed by atoms with Crippen LogP contribution < -0.4 is 11.1 Å². The summed E-state index contributed by atoms with van der Waals surface area (Å²) >= 11 is 0. The highest BCUT2D eigenvalue weighted by molar-refractivity contribution is 5.90. The molecule has 0 fully saturated rings. The standard InChI is InChI=1S/C13H17N5O2.2ClH/c1-20-11(7-14)6-13(19)17-10-2-3-12(16-8-10)18-5-4-15-9-18;;/h2-5,8-9,11H,6-7,14H2,1H3,(H,17,19);2*1H. The molecule has 0 aliphatic heterocycles. The van der Waals surface area contributed by atoms with Crippen LogP contribution >= 0.6 is 24.8 Å². The molecule has 0 bridgehead atoms. The Labute approximate surface area is 141 Å². The maximum atomic E-state index is 11.8. The smallest absolute Gasteiger partial charge is 0.227 e. The van der Waals surface area contributed by atoms with Gasteiger partial charge in [-0.15, -0.1) is 24.8 Å². The van der Waals surface area contributed by atoms with Gasteiger partial charge in [0.2, 0.25) is 5.91 Å². The van der Waals surface area contributed by atoms with Gasteiger partial charge in [-0.1, -0.05) is 0 Å². The van der Waals surface area contributed by atoms with E-state index in [1.807, 2.05) is 0 Å². The van der Waals surface area contributed by atoms with E-state index in [0.717, 1.165) is 5.82 Å². The van der Waals surface area contributed by atoms with E-state index >= 15 is 0 Å². The van der Waals surface area contributed by atoms with Crippen molar-refractivity contribution < 1.29 is 9.53 Å². The summed E-state index contributed by atoms with van der Waals surface area (Å²) in [5.74, 6) is 0.580. The maximum Gasteiger partial charge on any atom is 0.227 e. The number of aromatic nitrogens is 3. The van der Waals surface area contributed by atoms with Crippen LogP contribution in [0.15, 0.2) is 37.1 Å². The molecule has 2 heterocycles. The van der Waals surface area contributed by atoms with Gasteiger partial charge >= 0.3 is 0 Å². The molecule has 0 aliphatic carbocycles. The van der Waals surface area contributed by atoms with Crippen molar-refractivity contribution in [2.75, 3.05) is 19.0 Å². The number of anilines is 1. The number of imidazole rings is 1. The minimum Gasteiger partial charge on any atom is -0.380 e. The van der Waals surface area contributed by atoms with Gasteiger partial charge in [-0.25, -0.2) is 9.97 Å². The average Bonchev–Trinajstić information content (AvgIpc) is 2.99. The molecule has 0 radical (unpaired) electrons. The highest BCUT2D eigenvalue weighted by atomic mass is 35.5. The van der Waals surface area contributed by atoms with Crippen LogP contribution in [0.2, 0.25) is 0 Å². The summed E-state index contributed by atoms with van der Waals surface area (Å²) in [5.41, 5.74) is 6.10. The van der Waals surface area contributed by atoms with E-state index in [1.54, 1.807) is 41.6 Å². The number of amides is 1. The number of carbonyl (C=O) groups is 1. The Bertz CT molecular complexity index is 544. The van der Waals surface area contributed by atoms with Crippen LogP contribution in [0, 0.1) is 0 Å². The van der Waals surface area contributed by atoms with Gasteiger partial charge < -0.3 is 15.8 Å². The van der Waals surface area contributed by atoms with Crippen molar-refractivity contribution in [1.82, 2.24) is 14.5 Å².